The Kier molecular flexibility index (Phi) is 4.99. The van der Waals surface area contributed by atoms with Crippen molar-refractivity contribution in [1.29, 1.82) is 0 Å². The Labute approximate surface area is 156 Å². The summed E-state index contributed by atoms with van der Waals surface area (Å²) in [7, 11) is 0. The van der Waals surface area contributed by atoms with Crippen LogP contribution in [0.3, 0.4) is 0 Å². The highest BCUT2D eigenvalue weighted by Crippen LogP contribution is 2.29. The Morgan fingerprint density at radius 3 is 2.67 bits per heavy atom. The van der Waals surface area contributed by atoms with Gasteiger partial charge in [0.05, 0.1) is 5.92 Å². The molecule has 9 heteroatoms. The van der Waals surface area contributed by atoms with Gasteiger partial charge in [-0.05, 0) is 48.7 Å². The van der Waals surface area contributed by atoms with Gasteiger partial charge in [-0.15, -0.1) is 0 Å². The van der Waals surface area contributed by atoms with Gasteiger partial charge in [-0.2, -0.15) is 5.21 Å². The predicted molar refractivity (Wildman–Crippen MR) is 96.0 cm³/mol. The van der Waals surface area contributed by atoms with E-state index in [1.807, 2.05) is 4.90 Å². The third kappa shape index (κ3) is 4.07. The molecule has 2 amide bonds. The maximum atomic E-state index is 12.7. The van der Waals surface area contributed by atoms with E-state index in [-0.39, 0.29) is 23.7 Å². The highest BCUT2D eigenvalue weighted by molar-refractivity contribution is 5.94. The summed E-state index contributed by atoms with van der Waals surface area (Å²) in [5.74, 6) is 0.523. The lowest BCUT2D eigenvalue weighted by Gasteiger charge is -2.36. The summed E-state index contributed by atoms with van der Waals surface area (Å²) in [5, 5.41) is 16.1. The number of nitrogens with one attached hydrogen (secondary N) is 2. The van der Waals surface area contributed by atoms with Crippen LogP contribution in [0.15, 0.2) is 24.3 Å². The minimum absolute atomic E-state index is 0.0441. The lowest BCUT2D eigenvalue weighted by atomic mass is 9.94. The van der Waals surface area contributed by atoms with E-state index in [9.17, 15) is 9.59 Å². The normalized spacial score (nSPS) is 20.7. The van der Waals surface area contributed by atoms with Crippen molar-refractivity contribution in [2.45, 2.75) is 44.6 Å². The summed E-state index contributed by atoms with van der Waals surface area (Å²) in [6, 6.07) is 7.41. The molecule has 4 rings (SSSR count). The summed E-state index contributed by atoms with van der Waals surface area (Å²) in [4.78, 5) is 26.8. The summed E-state index contributed by atoms with van der Waals surface area (Å²) < 4.78 is 5.40. The highest BCUT2D eigenvalue weighted by Gasteiger charge is 2.35. The number of hydrogen-bond donors (Lipinski definition) is 2. The molecule has 27 heavy (non-hydrogen) atoms. The van der Waals surface area contributed by atoms with Crippen molar-refractivity contribution in [3.05, 3.63) is 24.3 Å². The molecular weight excluding hydrogens is 348 g/mol. The number of aromatic amines is 1. The number of amides is 2. The number of hydrogen-bond acceptors (Lipinski definition) is 6. The fraction of sp³-hybridized carbons (Fsp3) is 0.500. The van der Waals surface area contributed by atoms with Crippen LogP contribution in [0.25, 0.3) is 0 Å². The molecule has 2 aromatic rings. The first-order valence-corrected chi connectivity index (χ1v) is 9.31. The maximum absolute atomic E-state index is 12.7. The minimum Gasteiger partial charge on any atom is -0.422 e. The Bertz CT molecular complexity index is 786. The van der Waals surface area contributed by atoms with Gasteiger partial charge in [0.15, 0.2) is 0 Å². The van der Waals surface area contributed by atoms with E-state index >= 15 is 0 Å². The van der Waals surface area contributed by atoms with Gasteiger partial charge in [0.2, 0.25) is 11.8 Å². The number of aromatic nitrogens is 4. The minimum atomic E-state index is -0.168. The fourth-order valence-electron chi connectivity index (χ4n) is 3.81. The number of likely N-dealkylation sites (tertiary alicyclic amines) is 1. The van der Waals surface area contributed by atoms with Crippen LogP contribution in [-0.4, -0.2) is 49.9 Å². The number of rotatable bonds is 5. The van der Waals surface area contributed by atoms with Gasteiger partial charge in [0, 0.05) is 24.7 Å². The number of carbonyl (C=O) groups is 2. The Balaban J connectivity index is 1.34. The molecule has 1 aromatic heterocycles. The van der Waals surface area contributed by atoms with Crippen molar-refractivity contribution >= 4 is 17.5 Å². The zero-order valence-electron chi connectivity index (χ0n) is 14.9. The van der Waals surface area contributed by atoms with E-state index in [1.165, 1.54) is 12.8 Å². The van der Waals surface area contributed by atoms with Crippen molar-refractivity contribution in [3.8, 4) is 11.8 Å². The third-order valence-electron chi connectivity index (χ3n) is 5.24. The summed E-state index contributed by atoms with van der Waals surface area (Å²) in [6.07, 6.45) is 5.51. The van der Waals surface area contributed by atoms with Gasteiger partial charge >= 0.3 is 6.01 Å². The Hall–Kier alpha value is -2.97. The predicted octanol–water partition coefficient (Wildman–Crippen LogP) is 2.11. The first-order chi connectivity index (χ1) is 13.2. The van der Waals surface area contributed by atoms with Gasteiger partial charge in [0.1, 0.15) is 5.75 Å². The maximum Gasteiger partial charge on any atom is 0.361 e. The summed E-state index contributed by atoms with van der Waals surface area (Å²) in [5.41, 5.74) is 0.685. The first-order valence-electron chi connectivity index (χ1n) is 9.31. The van der Waals surface area contributed by atoms with Crippen LogP contribution in [0, 0.1) is 5.92 Å². The molecule has 142 valence electrons. The molecule has 0 radical (unpaired) electrons. The SMILES string of the molecule is O=C(Nc1ccc(Oc2nn[nH]n2)cc1)C1CCC(=O)N(C2CCCC2)C1. The number of tetrazole rings is 1. The van der Waals surface area contributed by atoms with Crippen molar-refractivity contribution in [2.24, 2.45) is 5.92 Å². The van der Waals surface area contributed by atoms with E-state index in [2.05, 4.69) is 25.9 Å². The zero-order chi connectivity index (χ0) is 18.6. The number of ether oxygens (including phenoxy) is 1. The topological polar surface area (TPSA) is 113 Å². The number of benzene rings is 1. The average molecular weight is 370 g/mol. The van der Waals surface area contributed by atoms with E-state index in [0.717, 1.165) is 12.8 Å². The van der Waals surface area contributed by atoms with E-state index < -0.39 is 0 Å². The van der Waals surface area contributed by atoms with Crippen LogP contribution in [0.1, 0.15) is 38.5 Å². The van der Waals surface area contributed by atoms with Crippen molar-refractivity contribution in [1.82, 2.24) is 25.5 Å². The lowest BCUT2D eigenvalue weighted by Crippen LogP contribution is -2.48. The van der Waals surface area contributed by atoms with Gasteiger partial charge in [-0.25, -0.2) is 0 Å². The summed E-state index contributed by atoms with van der Waals surface area (Å²) >= 11 is 0. The summed E-state index contributed by atoms with van der Waals surface area (Å²) in [6.45, 7) is 0.522. The van der Waals surface area contributed by atoms with Crippen molar-refractivity contribution in [3.63, 3.8) is 0 Å². The molecule has 1 atom stereocenters. The van der Waals surface area contributed by atoms with Crippen LogP contribution in [0.5, 0.6) is 11.8 Å². The molecule has 2 aliphatic rings. The standard InChI is InChI=1S/C18H22N6O3/c25-16-10-5-12(11-24(16)14-3-1-2-4-14)17(26)19-13-6-8-15(9-7-13)27-18-20-22-23-21-18/h6-9,12,14H,1-5,10-11H2,(H,19,26)(H,20,21,22,23). The number of nitrogens with zero attached hydrogens (tertiary/aromatic N) is 4. The van der Waals surface area contributed by atoms with Crippen LogP contribution >= 0.6 is 0 Å². The fourth-order valence-corrected chi connectivity index (χ4v) is 3.81. The molecule has 9 nitrogen and oxygen atoms in total. The van der Waals surface area contributed by atoms with Gasteiger partial charge in [0.25, 0.3) is 0 Å². The Morgan fingerprint density at radius 1 is 1.19 bits per heavy atom. The number of anilines is 1. The average Bonchev–Trinajstić information content (AvgIpc) is 3.38. The van der Waals surface area contributed by atoms with E-state index in [1.54, 1.807) is 24.3 Å². The molecule has 0 spiro atoms. The van der Waals surface area contributed by atoms with Crippen LogP contribution in [-0.2, 0) is 9.59 Å². The quantitative estimate of drug-likeness (QED) is 0.833. The molecule has 1 aliphatic carbocycles. The second-order valence-electron chi connectivity index (χ2n) is 7.03. The van der Waals surface area contributed by atoms with Crippen LogP contribution in [0.4, 0.5) is 5.69 Å². The second kappa shape index (κ2) is 7.73. The number of H-pyrrole nitrogens is 1. The second-order valence-corrected chi connectivity index (χ2v) is 7.03. The molecule has 1 aromatic carbocycles. The van der Waals surface area contributed by atoms with Crippen LogP contribution in [0.2, 0.25) is 0 Å². The van der Waals surface area contributed by atoms with Gasteiger partial charge < -0.3 is 15.0 Å². The lowest BCUT2D eigenvalue weighted by molar-refractivity contribution is -0.139. The van der Waals surface area contributed by atoms with Gasteiger partial charge in [-0.3, -0.25) is 9.59 Å². The molecule has 2 N–H and O–H groups in total. The molecule has 1 saturated carbocycles. The third-order valence-corrected chi connectivity index (χ3v) is 5.24. The molecule has 2 fully saturated rings. The molecule has 1 aliphatic heterocycles. The first kappa shape index (κ1) is 17.4. The van der Waals surface area contributed by atoms with Crippen molar-refractivity contribution in [2.75, 3.05) is 11.9 Å². The van der Waals surface area contributed by atoms with Crippen molar-refractivity contribution < 1.29 is 14.3 Å². The van der Waals surface area contributed by atoms with Crippen LogP contribution < -0.4 is 10.1 Å². The van der Waals surface area contributed by atoms with E-state index in [0.29, 0.717) is 36.9 Å². The van der Waals surface area contributed by atoms with Gasteiger partial charge in [-0.1, -0.05) is 23.0 Å². The number of piperidine rings is 1. The smallest absolute Gasteiger partial charge is 0.361 e. The Morgan fingerprint density at radius 2 is 1.96 bits per heavy atom. The molecule has 0 bridgehead atoms. The zero-order valence-corrected chi connectivity index (χ0v) is 14.9. The molecule has 1 unspecified atom stereocenters. The molecule has 2 heterocycles. The monoisotopic (exact) mass is 370 g/mol. The highest BCUT2D eigenvalue weighted by atomic mass is 16.5. The molecular formula is C18H22N6O3. The molecule has 1 saturated heterocycles. The van der Waals surface area contributed by atoms with E-state index in [4.69, 9.17) is 4.74 Å². The largest absolute Gasteiger partial charge is 0.422 e. The number of carbonyl (C=O) groups excluding carboxylic acids is 2.